The van der Waals surface area contributed by atoms with Crippen LogP contribution < -0.4 is 0 Å². The van der Waals surface area contributed by atoms with Crippen LogP contribution in [0.15, 0.2) is 28.8 Å². The second-order valence-electron chi connectivity index (χ2n) is 7.42. The van der Waals surface area contributed by atoms with E-state index in [1.807, 2.05) is 29.2 Å². The summed E-state index contributed by atoms with van der Waals surface area (Å²) in [7, 11) is 0. The lowest BCUT2D eigenvalue weighted by Gasteiger charge is -2.34. The van der Waals surface area contributed by atoms with Gasteiger partial charge in [0.15, 0.2) is 0 Å². The van der Waals surface area contributed by atoms with Crippen molar-refractivity contribution in [2.45, 2.75) is 50.9 Å². The van der Waals surface area contributed by atoms with Crippen LogP contribution in [0.1, 0.15) is 56.8 Å². The quantitative estimate of drug-likeness (QED) is 0.783. The molecule has 1 atom stereocenters. The van der Waals surface area contributed by atoms with Crippen molar-refractivity contribution in [3.63, 3.8) is 0 Å². The van der Waals surface area contributed by atoms with Crippen LogP contribution in [0, 0.1) is 5.92 Å². The molecule has 1 aliphatic heterocycles. The number of rotatable bonds is 3. The monoisotopic (exact) mass is 373 g/mol. The summed E-state index contributed by atoms with van der Waals surface area (Å²) in [6.07, 6.45) is 7.67. The van der Waals surface area contributed by atoms with Gasteiger partial charge in [0.1, 0.15) is 0 Å². The summed E-state index contributed by atoms with van der Waals surface area (Å²) < 4.78 is 5.53. The van der Waals surface area contributed by atoms with Crippen LogP contribution in [0.5, 0.6) is 0 Å². The molecule has 1 unspecified atom stereocenters. The van der Waals surface area contributed by atoms with Crippen LogP contribution in [0.4, 0.5) is 0 Å². The first kappa shape index (κ1) is 17.5. The highest BCUT2D eigenvalue weighted by Gasteiger charge is 2.32. The maximum absolute atomic E-state index is 12.8. The fraction of sp³-hybridized carbons (Fsp3) is 0.550. The Morgan fingerprint density at radius 2 is 2.00 bits per heavy atom. The lowest BCUT2D eigenvalue weighted by atomic mass is 9.87. The van der Waals surface area contributed by atoms with Gasteiger partial charge in [-0.25, -0.2) is 0 Å². The summed E-state index contributed by atoms with van der Waals surface area (Å²) >= 11 is 6.05. The predicted molar refractivity (Wildman–Crippen MR) is 99.9 cm³/mol. The number of amides is 1. The molecule has 1 saturated heterocycles. The van der Waals surface area contributed by atoms with E-state index in [-0.39, 0.29) is 11.8 Å². The Kier molecular flexibility index (Phi) is 5.25. The SMILES string of the molecule is O=C(C1CCCCC1)N1CCCC(c2nc(-c3cccc(Cl)c3)no2)C1. The van der Waals surface area contributed by atoms with Crippen LogP contribution in [-0.4, -0.2) is 34.0 Å². The van der Waals surface area contributed by atoms with Crippen molar-refractivity contribution in [2.75, 3.05) is 13.1 Å². The van der Waals surface area contributed by atoms with Crippen molar-refractivity contribution in [3.8, 4) is 11.4 Å². The number of carbonyl (C=O) groups excluding carboxylic acids is 1. The third kappa shape index (κ3) is 3.78. The molecule has 2 aliphatic rings. The molecule has 0 radical (unpaired) electrons. The van der Waals surface area contributed by atoms with Crippen molar-refractivity contribution < 1.29 is 9.32 Å². The molecule has 1 aromatic heterocycles. The Hall–Kier alpha value is -1.88. The molecule has 5 nitrogen and oxygen atoms in total. The number of benzene rings is 1. The zero-order chi connectivity index (χ0) is 17.9. The Balaban J connectivity index is 1.45. The maximum Gasteiger partial charge on any atom is 0.231 e. The molecule has 1 aromatic carbocycles. The van der Waals surface area contributed by atoms with Gasteiger partial charge in [0.25, 0.3) is 0 Å². The van der Waals surface area contributed by atoms with Crippen molar-refractivity contribution in [3.05, 3.63) is 35.2 Å². The minimum atomic E-state index is 0.122. The number of hydrogen-bond donors (Lipinski definition) is 0. The minimum absolute atomic E-state index is 0.122. The van der Waals surface area contributed by atoms with E-state index in [0.717, 1.165) is 37.8 Å². The Labute approximate surface area is 158 Å². The molecular weight excluding hydrogens is 350 g/mol. The highest BCUT2D eigenvalue weighted by molar-refractivity contribution is 6.30. The molecule has 0 spiro atoms. The molecule has 0 N–H and O–H groups in total. The van der Waals surface area contributed by atoms with E-state index in [1.54, 1.807) is 0 Å². The van der Waals surface area contributed by atoms with Crippen LogP contribution in [0.2, 0.25) is 5.02 Å². The Bertz CT molecular complexity index is 770. The first-order chi connectivity index (χ1) is 12.7. The molecule has 26 heavy (non-hydrogen) atoms. The van der Waals surface area contributed by atoms with Crippen LogP contribution in [-0.2, 0) is 4.79 Å². The van der Waals surface area contributed by atoms with Gasteiger partial charge in [0, 0.05) is 29.6 Å². The number of carbonyl (C=O) groups is 1. The zero-order valence-corrected chi connectivity index (χ0v) is 15.6. The van der Waals surface area contributed by atoms with Crippen molar-refractivity contribution in [2.24, 2.45) is 5.92 Å². The molecular formula is C20H24ClN3O2. The van der Waals surface area contributed by atoms with Gasteiger partial charge in [-0.1, -0.05) is 48.2 Å². The average Bonchev–Trinajstić information content (AvgIpc) is 3.19. The summed E-state index contributed by atoms with van der Waals surface area (Å²) in [6, 6.07) is 7.44. The summed E-state index contributed by atoms with van der Waals surface area (Å²) in [4.78, 5) is 19.4. The standard InChI is InChI=1S/C20H24ClN3O2/c21-17-10-4-8-15(12-17)18-22-19(26-23-18)16-9-5-11-24(13-16)20(25)14-6-2-1-3-7-14/h4,8,10,12,14,16H,1-3,5-7,9,11,13H2. The van der Waals surface area contributed by atoms with E-state index in [2.05, 4.69) is 10.1 Å². The molecule has 6 heteroatoms. The van der Waals surface area contributed by atoms with Gasteiger partial charge in [-0.3, -0.25) is 4.79 Å². The molecule has 138 valence electrons. The van der Waals surface area contributed by atoms with Gasteiger partial charge in [-0.05, 0) is 37.8 Å². The van der Waals surface area contributed by atoms with Crippen LogP contribution >= 0.6 is 11.6 Å². The zero-order valence-electron chi connectivity index (χ0n) is 14.9. The first-order valence-electron chi connectivity index (χ1n) is 9.59. The second kappa shape index (κ2) is 7.78. The smallest absolute Gasteiger partial charge is 0.231 e. The molecule has 4 rings (SSSR count). The molecule has 2 fully saturated rings. The highest BCUT2D eigenvalue weighted by atomic mass is 35.5. The minimum Gasteiger partial charge on any atom is -0.342 e. The Morgan fingerprint density at radius 1 is 1.15 bits per heavy atom. The molecule has 2 aromatic rings. The lowest BCUT2D eigenvalue weighted by Crippen LogP contribution is -2.42. The van der Waals surface area contributed by atoms with E-state index in [1.165, 1.54) is 19.3 Å². The van der Waals surface area contributed by atoms with E-state index >= 15 is 0 Å². The maximum atomic E-state index is 12.8. The third-order valence-electron chi connectivity index (χ3n) is 5.56. The summed E-state index contributed by atoms with van der Waals surface area (Å²) in [5.41, 5.74) is 0.846. The first-order valence-corrected chi connectivity index (χ1v) is 9.97. The molecule has 0 bridgehead atoms. The van der Waals surface area contributed by atoms with Gasteiger partial charge < -0.3 is 9.42 Å². The van der Waals surface area contributed by atoms with Crippen LogP contribution in [0.25, 0.3) is 11.4 Å². The summed E-state index contributed by atoms with van der Waals surface area (Å²) in [5, 5.41) is 4.76. The summed E-state index contributed by atoms with van der Waals surface area (Å²) in [5.74, 6) is 1.84. The van der Waals surface area contributed by atoms with Gasteiger partial charge in [0.05, 0.1) is 5.92 Å². The Morgan fingerprint density at radius 3 is 2.81 bits per heavy atom. The van der Waals surface area contributed by atoms with Gasteiger partial charge in [-0.15, -0.1) is 0 Å². The number of piperidine rings is 1. The highest BCUT2D eigenvalue weighted by Crippen LogP contribution is 2.31. The molecule has 1 saturated carbocycles. The van der Waals surface area contributed by atoms with Gasteiger partial charge in [0.2, 0.25) is 17.6 Å². The normalized spacial score (nSPS) is 21.7. The van der Waals surface area contributed by atoms with E-state index in [4.69, 9.17) is 16.1 Å². The topological polar surface area (TPSA) is 59.2 Å². The van der Waals surface area contributed by atoms with Gasteiger partial charge >= 0.3 is 0 Å². The fourth-order valence-electron chi connectivity index (χ4n) is 4.13. The number of likely N-dealkylation sites (tertiary alicyclic amines) is 1. The molecule has 1 amide bonds. The van der Waals surface area contributed by atoms with E-state index < -0.39 is 0 Å². The fourth-order valence-corrected chi connectivity index (χ4v) is 4.32. The lowest BCUT2D eigenvalue weighted by molar-refractivity contribution is -0.137. The molecule has 1 aliphatic carbocycles. The largest absolute Gasteiger partial charge is 0.342 e. The average molecular weight is 374 g/mol. The number of hydrogen-bond acceptors (Lipinski definition) is 4. The van der Waals surface area contributed by atoms with E-state index in [0.29, 0.717) is 29.2 Å². The van der Waals surface area contributed by atoms with Crippen LogP contribution in [0.3, 0.4) is 0 Å². The van der Waals surface area contributed by atoms with Crippen molar-refractivity contribution in [1.29, 1.82) is 0 Å². The van der Waals surface area contributed by atoms with Crippen molar-refractivity contribution >= 4 is 17.5 Å². The van der Waals surface area contributed by atoms with E-state index in [9.17, 15) is 4.79 Å². The predicted octanol–water partition coefficient (Wildman–Crippen LogP) is 4.68. The number of nitrogens with zero attached hydrogens (tertiary/aromatic N) is 3. The van der Waals surface area contributed by atoms with Crippen molar-refractivity contribution in [1.82, 2.24) is 15.0 Å². The third-order valence-corrected chi connectivity index (χ3v) is 5.80. The van der Waals surface area contributed by atoms with Gasteiger partial charge in [-0.2, -0.15) is 4.98 Å². The number of aromatic nitrogens is 2. The summed E-state index contributed by atoms with van der Waals surface area (Å²) in [6.45, 7) is 1.54. The second-order valence-corrected chi connectivity index (χ2v) is 7.86. The molecule has 2 heterocycles. The number of halogens is 1.